The molecule has 0 saturated carbocycles. The van der Waals surface area contributed by atoms with Crippen molar-refractivity contribution in [3.05, 3.63) is 133 Å². The smallest absolute Gasteiger partial charge is 0.159 e. The Morgan fingerprint density at radius 3 is 2.00 bits per heavy atom. The van der Waals surface area contributed by atoms with Crippen molar-refractivity contribution >= 4 is 21.8 Å². The number of benzene rings is 6. The Bertz CT molecular complexity index is 1990. The Balaban J connectivity index is 1.30. The number of hydrogen-bond acceptors (Lipinski definition) is 2. The maximum atomic E-state index is 6.61. The predicted molar refractivity (Wildman–Crippen MR) is 155 cm³/mol. The number of rotatable bonds is 3. The van der Waals surface area contributed by atoms with Crippen LogP contribution in [0.1, 0.15) is 0 Å². The van der Waals surface area contributed by atoms with Gasteiger partial charge in [-0.05, 0) is 57.8 Å². The molecule has 38 heavy (non-hydrogen) atoms. The van der Waals surface area contributed by atoms with Crippen LogP contribution in [0.3, 0.4) is 0 Å². The zero-order chi connectivity index (χ0) is 25.1. The fourth-order valence-corrected chi connectivity index (χ4v) is 5.56. The molecule has 0 atom stereocenters. The third-order valence-electron chi connectivity index (χ3n) is 7.38. The Morgan fingerprint density at radius 1 is 0.526 bits per heavy atom. The summed E-state index contributed by atoms with van der Waals surface area (Å²) in [5.41, 5.74) is 8.64. The van der Waals surface area contributed by atoms with Crippen LogP contribution in [0.15, 0.2) is 133 Å². The van der Waals surface area contributed by atoms with Crippen LogP contribution in [0.4, 0.5) is 0 Å². The first-order valence-electron chi connectivity index (χ1n) is 12.8. The van der Waals surface area contributed by atoms with Gasteiger partial charge in [-0.3, -0.25) is 4.57 Å². The highest BCUT2D eigenvalue weighted by Crippen LogP contribution is 2.47. The Labute approximate surface area is 220 Å². The molecule has 6 aromatic carbocycles. The van der Waals surface area contributed by atoms with Crippen molar-refractivity contribution in [2.24, 2.45) is 0 Å². The maximum Gasteiger partial charge on any atom is 0.159 e. The average Bonchev–Trinajstić information content (AvgIpc) is 3.39. The molecule has 0 radical (unpaired) electrons. The lowest BCUT2D eigenvalue weighted by atomic mass is 9.96. The van der Waals surface area contributed by atoms with E-state index in [-0.39, 0.29) is 0 Å². The molecular weight excluding hydrogens is 464 g/mol. The van der Waals surface area contributed by atoms with Gasteiger partial charge >= 0.3 is 0 Å². The molecule has 0 saturated heterocycles. The summed E-state index contributed by atoms with van der Waals surface area (Å²) in [5.74, 6) is 2.59. The van der Waals surface area contributed by atoms with Crippen molar-refractivity contribution in [2.45, 2.75) is 0 Å². The molecule has 0 amide bonds. The van der Waals surface area contributed by atoms with Crippen LogP contribution in [0, 0.1) is 0 Å². The molecular formula is C35H22N2O. The molecule has 3 heteroatoms. The highest BCUT2D eigenvalue weighted by Gasteiger charge is 2.27. The van der Waals surface area contributed by atoms with Crippen LogP contribution in [-0.2, 0) is 0 Å². The number of para-hydroxylation sites is 2. The first kappa shape index (κ1) is 21.0. The fraction of sp³-hybridized carbons (Fsp3) is 0. The molecule has 0 fully saturated rings. The fourth-order valence-electron chi connectivity index (χ4n) is 5.56. The maximum absolute atomic E-state index is 6.61. The Kier molecular flexibility index (Phi) is 4.52. The topological polar surface area (TPSA) is 27.1 Å². The minimum Gasteiger partial charge on any atom is -0.452 e. The van der Waals surface area contributed by atoms with E-state index in [9.17, 15) is 0 Å². The number of ether oxygens (including phenoxy) is 1. The largest absolute Gasteiger partial charge is 0.452 e. The third kappa shape index (κ3) is 3.19. The summed E-state index contributed by atoms with van der Waals surface area (Å²) >= 11 is 0. The standard InChI is InChI=1S/C35H22N2O/c1-3-9-23(10-4-1)25-17-18-27-22-28(20-19-26(27)21-25)29-13-7-15-31-34(29)38-32-16-8-14-30-33(32)37(31)35(36-30)24-11-5-2-6-12-24/h1-22H. The molecule has 178 valence electrons. The van der Waals surface area contributed by atoms with Gasteiger partial charge in [0, 0.05) is 11.1 Å². The molecule has 8 rings (SSSR count). The van der Waals surface area contributed by atoms with E-state index in [0.717, 1.165) is 50.7 Å². The summed E-state index contributed by atoms with van der Waals surface area (Å²) < 4.78 is 8.86. The molecule has 0 spiro atoms. The Hall–Kier alpha value is -5.15. The summed E-state index contributed by atoms with van der Waals surface area (Å²) in [6, 6.07) is 46.6. The van der Waals surface area contributed by atoms with Gasteiger partial charge < -0.3 is 4.74 Å². The molecule has 0 aliphatic carbocycles. The quantitative estimate of drug-likeness (QED) is 0.249. The van der Waals surface area contributed by atoms with E-state index in [0.29, 0.717) is 0 Å². The van der Waals surface area contributed by atoms with Gasteiger partial charge in [0.1, 0.15) is 11.3 Å². The normalized spacial score (nSPS) is 11.9. The molecule has 2 heterocycles. The van der Waals surface area contributed by atoms with Crippen molar-refractivity contribution in [3.63, 3.8) is 0 Å². The first-order valence-corrected chi connectivity index (χ1v) is 12.8. The van der Waals surface area contributed by atoms with E-state index in [1.165, 1.54) is 21.9 Å². The number of fused-ring (bicyclic) bond motifs is 3. The zero-order valence-electron chi connectivity index (χ0n) is 20.5. The van der Waals surface area contributed by atoms with Gasteiger partial charge in [0.15, 0.2) is 11.5 Å². The van der Waals surface area contributed by atoms with Crippen molar-refractivity contribution in [3.8, 4) is 50.8 Å². The summed E-state index contributed by atoms with van der Waals surface area (Å²) in [7, 11) is 0. The second-order valence-corrected chi connectivity index (χ2v) is 9.66. The van der Waals surface area contributed by atoms with Crippen molar-refractivity contribution in [1.29, 1.82) is 0 Å². The van der Waals surface area contributed by atoms with E-state index in [4.69, 9.17) is 9.72 Å². The first-order chi connectivity index (χ1) is 18.8. The lowest BCUT2D eigenvalue weighted by Gasteiger charge is -2.23. The molecule has 1 aromatic heterocycles. The molecule has 0 unspecified atom stereocenters. The highest BCUT2D eigenvalue weighted by atomic mass is 16.5. The van der Waals surface area contributed by atoms with Crippen molar-refractivity contribution in [1.82, 2.24) is 9.55 Å². The van der Waals surface area contributed by atoms with Gasteiger partial charge in [-0.1, -0.05) is 103 Å². The summed E-state index contributed by atoms with van der Waals surface area (Å²) in [6.07, 6.45) is 0. The number of nitrogens with zero attached hydrogens (tertiary/aromatic N) is 2. The zero-order valence-corrected chi connectivity index (χ0v) is 20.5. The molecule has 7 aromatic rings. The van der Waals surface area contributed by atoms with E-state index in [2.05, 4.69) is 114 Å². The van der Waals surface area contributed by atoms with Crippen molar-refractivity contribution in [2.75, 3.05) is 0 Å². The predicted octanol–water partition coefficient (Wildman–Crippen LogP) is 9.29. The van der Waals surface area contributed by atoms with Gasteiger partial charge in [0.05, 0.1) is 11.2 Å². The summed E-state index contributed by atoms with van der Waals surface area (Å²) in [4.78, 5) is 5.01. The van der Waals surface area contributed by atoms with Crippen LogP contribution in [0.5, 0.6) is 11.5 Å². The molecule has 0 bridgehead atoms. The lowest BCUT2D eigenvalue weighted by Crippen LogP contribution is -2.06. The lowest BCUT2D eigenvalue weighted by molar-refractivity contribution is 0.477. The highest BCUT2D eigenvalue weighted by molar-refractivity contribution is 5.95. The van der Waals surface area contributed by atoms with Gasteiger partial charge in [-0.25, -0.2) is 4.98 Å². The van der Waals surface area contributed by atoms with E-state index < -0.39 is 0 Å². The van der Waals surface area contributed by atoms with Crippen LogP contribution < -0.4 is 4.74 Å². The van der Waals surface area contributed by atoms with Gasteiger partial charge in [0.2, 0.25) is 0 Å². The molecule has 3 nitrogen and oxygen atoms in total. The molecule has 1 aliphatic heterocycles. The number of imidazole rings is 1. The Morgan fingerprint density at radius 2 is 1.21 bits per heavy atom. The number of aromatic nitrogens is 2. The second kappa shape index (κ2) is 8.19. The van der Waals surface area contributed by atoms with E-state index >= 15 is 0 Å². The van der Waals surface area contributed by atoms with E-state index in [1.54, 1.807) is 0 Å². The molecule has 0 N–H and O–H groups in total. The van der Waals surface area contributed by atoms with Crippen LogP contribution in [0.2, 0.25) is 0 Å². The molecule has 1 aliphatic rings. The number of hydrogen-bond donors (Lipinski definition) is 0. The third-order valence-corrected chi connectivity index (χ3v) is 7.38. The summed E-state index contributed by atoms with van der Waals surface area (Å²) in [6.45, 7) is 0. The summed E-state index contributed by atoms with van der Waals surface area (Å²) in [5, 5.41) is 2.42. The second-order valence-electron chi connectivity index (χ2n) is 9.66. The van der Waals surface area contributed by atoms with Crippen molar-refractivity contribution < 1.29 is 4.74 Å². The minimum absolute atomic E-state index is 0.824. The average molecular weight is 487 g/mol. The van der Waals surface area contributed by atoms with Crippen LogP contribution in [-0.4, -0.2) is 9.55 Å². The monoisotopic (exact) mass is 486 g/mol. The van der Waals surface area contributed by atoms with Crippen LogP contribution >= 0.6 is 0 Å². The van der Waals surface area contributed by atoms with Gasteiger partial charge in [0.25, 0.3) is 0 Å². The SMILES string of the molecule is c1ccc(-c2ccc3cc(-c4cccc5c4Oc4cccc6nc(-c7ccccc7)n-5c46)ccc3c2)cc1. The minimum atomic E-state index is 0.824. The van der Waals surface area contributed by atoms with E-state index in [1.807, 2.05) is 24.3 Å². The van der Waals surface area contributed by atoms with Crippen LogP contribution in [0.25, 0.3) is 61.1 Å². The van der Waals surface area contributed by atoms with Gasteiger partial charge in [-0.15, -0.1) is 0 Å². The van der Waals surface area contributed by atoms with Gasteiger partial charge in [-0.2, -0.15) is 0 Å².